The van der Waals surface area contributed by atoms with Crippen LogP contribution in [0.15, 0.2) is 54.2 Å². The highest BCUT2D eigenvalue weighted by atomic mass is 32.1. The quantitative estimate of drug-likeness (QED) is 0.594. The lowest BCUT2D eigenvalue weighted by atomic mass is 10.1. The minimum atomic E-state index is 0.204. The smallest absolute Gasteiger partial charge is 0.227 e. The minimum absolute atomic E-state index is 0.204. The van der Waals surface area contributed by atoms with Crippen LogP contribution in [0.3, 0.4) is 0 Å². The van der Waals surface area contributed by atoms with Gasteiger partial charge in [0.05, 0.1) is 22.3 Å². The van der Waals surface area contributed by atoms with Crippen molar-refractivity contribution < 1.29 is 4.79 Å². The second-order valence-electron chi connectivity index (χ2n) is 6.87. The maximum absolute atomic E-state index is 12.8. The fraction of sp³-hybridized carbons (Fsp3) is 0.238. The number of benzene rings is 1. The van der Waals surface area contributed by atoms with Gasteiger partial charge in [-0.05, 0) is 29.1 Å². The number of nitrogens with zero attached hydrogens (tertiary/aromatic N) is 3. The van der Waals surface area contributed by atoms with E-state index in [-0.39, 0.29) is 5.91 Å². The zero-order valence-corrected chi connectivity index (χ0v) is 15.7. The van der Waals surface area contributed by atoms with Crippen LogP contribution in [-0.4, -0.2) is 47.0 Å². The van der Waals surface area contributed by atoms with E-state index in [2.05, 4.69) is 38.4 Å². The van der Waals surface area contributed by atoms with Gasteiger partial charge < -0.3 is 14.8 Å². The molecule has 0 saturated carbocycles. The van der Waals surface area contributed by atoms with Gasteiger partial charge in [-0.15, -0.1) is 11.3 Å². The number of piperazine rings is 1. The SMILES string of the molecule is O=C(Cc1c[nH]c2ccccc12)N1CCN(c2ccnc3ccsc23)CC1. The summed E-state index contributed by atoms with van der Waals surface area (Å²) in [6.45, 7) is 3.24. The average molecular weight is 376 g/mol. The van der Waals surface area contributed by atoms with E-state index < -0.39 is 0 Å². The number of aromatic nitrogens is 2. The maximum Gasteiger partial charge on any atom is 0.227 e. The van der Waals surface area contributed by atoms with Gasteiger partial charge in [0, 0.05) is 49.5 Å². The molecule has 1 aliphatic heterocycles. The van der Waals surface area contributed by atoms with Gasteiger partial charge in [0.1, 0.15) is 0 Å². The summed E-state index contributed by atoms with van der Waals surface area (Å²) in [5.41, 5.74) is 4.45. The van der Waals surface area contributed by atoms with E-state index in [4.69, 9.17) is 0 Å². The van der Waals surface area contributed by atoms with Gasteiger partial charge in [0.25, 0.3) is 0 Å². The number of pyridine rings is 1. The molecule has 0 unspecified atom stereocenters. The van der Waals surface area contributed by atoms with Gasteiger partial charge in [-0.2, -0.15) is 0 Å². The monoisotopic (exact) mass is 376 g/mol. The molecule has 0 spiro atoms. The second-order valence-corrected chi connectivity index (χ2v) is 7.79. The number of aromatic amines is 1. The fourth-order valence-corrected chi connectivity index (χ4v) is 4.75. The van der Waals surface area contributed by atoms with Gasteiger partial charge in [0.2, 0.25) is 5.91 Å². The van der Waals surface area contributed by atoms with Crippen molar-refractivity contribution in [3.8, 4) is 0 Å². The fourth-order valence-electron chi connectivity index (χ4n) is 3.86. The lowest BCUT2D eigenvalue weighted by molar-refractivity contribution is -0.130. The van der Waals surface area contributed by atoms with Crippen molar-refractivity contribution in [1.29, 1.82) is 0 Å². The number of hydrogen-bond acceptors (Lipinski definition) is 4. The van der Waals surface area contributed by atoms with Crippen molar-refractivity contribution in [3.05, 3.63) is 59.7 Å². The van der Waals surface area contributed by atoms with Crippen molar-refractivity contribution in [2.45, 2.75) is 6.42 Å². The van der Waals surface area contributed by atoms with Crippen molar-refractivity contribution in [1.82, 2.24) is 14.9 Å². The number of thiophene rings is 1. The molecule has 0 atom stereocenters. The number of nitrogens with one attached hydrogen (secondary N) is 1. The van der Waals surface area contributed by atoms with Crippen LogP contribution >= 0.6 is 11.3 Å². The molecule has 27 heavy (non-hydrogen) atoms. The van der Waals surface area contributed by atoms with Crippen LogP contribution < -0.4 is 4.90 Å². The Morgan fingerprint density at radius 1 is 1.11 bits per heavy atom. The summed E-state index contributed by atoms with van der Waals surface area (Å²) in [6.07, 6.45) is 4.29. The first-order chi connectivity index (χ1) is 13.3. The highest BCUT2D eigenvalue weighted by Gasteiger charge is 2.23. The van der Waals surface area contributed by atoms with Crippen LogP contribution in [0.2, 0.25) is 0 Å². The van der Waals surface area contributed by atoms with E-state index in [1.54, 1.807) is 11.3 Å². The lowest BCUT2D eigenvalue weighted by Gasteiger charge is -2.36. The molecular weight excluding hydrogens is 356 g/mol. The summed E-state index contributed by atoms with van der Waals surface area (Å²) in [5, 5.41) is 3.23. The minimum Gasteiger partial charge on any atom is -0.367 e. The average Bonchev–Trinajstić information content (AvgIpc) is 3.35. The number of carbonyl (C=O) groups is 1. The van der Waals surface area contributed by atoms with Crippen molar-refractivity contribution in [2.24, 2.45) is 0 Å². The van der Waals surface area contributed by atoms with E-state index >= 15 is 0 Å². The van der Waals surface area contributed by atoms with E-state index in [1.165, 1.54) is 10.4 Å². The molecule has 0 bridgehead atoms. The molecule has 6 heteroatoms. The van der Waals surface area contributed by atoms with E-state index in [0.29, 0.717) is 6.42 Å². The number of H-pyrrole nitrogens is 1. The molecule has 4 heterocycles. The molecule has 1 aromatic carbocycles. The largest absolute Gasteiger partial charge is 0.367 e. The summed E-state index contributed by atoms with van der Waals surface area (Å²) in [5.74, 6) is 0.204. The normalized spacial score (nSPS) is 15.0. The highest BCUT2D eigenvalue weighted by molar-refractivity contribution is 7.17. The highest BCUT2D eigenvalue weighted by Crippen LogP contribution is 2.30. The number of para-hydroxylation sites is 1. The molecule has 3 aromatic heterocycles. The maximum atomic E-state index is 12.8. The third-order valence-electron chi connectivity index (χ3n) is 5.31. The Morgan fingerprint density at radius 3 is 2.85 bits per heavy atom. The number of rotatable bonds is 3. The predicted molar refractivity (Wildman–Crippen MR) is 110 cm³/mol. The standard InChI is InChI=1S/C21H20N4OS/c26-20(13-15-14-23-17-4-2-1-3-16(15)17)25-10-8-24(9-11-25)19-5-7-22-18-6-12-27-21(18)19/h1-7,12,14,23H,8-11,13H2. The third-order valence-corrected chi connectivity index (χ3v) is 6.24. The van der Waals surface area contributed by atoms with E-state index in [1.807, 2.05) is 35.5 Å². The van der Waals surface area contributed by atoms with E-state index in [9.17, 15) is 4.79 Å². The first kappa shape index (κ1) is 16.3. The molecule has 1 fully saturated rings. The molecule has 4 aromatic rings. The number of anilines is 1. The molecule has 1 N–H and O–H groups in total. The summed E-state index contributed by atoms with van der Waals surface area (Å²) in [4.78, 5) is 24.8. The molecule has 1 amide bonds. The molecule has 5 rings (SSSR count). The van der Waals surface area contributed by atoms with Crippen LogP contribution in [-0.2, 0) is 11.2 Å². The second kappa shape index (κ2) is 6.70. The Bertz CT molecular complexity index is 1110. The zero-order chi connectivity index (χ0) is 18.2. The molecular formula is C21H20N4OS. The summed E-state index contributed by atoms with van der Waals surface area (Å²) in [6, 6.07) is 12.3. The molecule has 0 radical (unpaired) electrons. The van der Waals surface area contributed by atoms with Crippen LogP contribution in [0.25, 0.3) is 21.1 Å². The van der Waals surface area contributed by atoms with Crippen LogP contribution in [0.1, 0.15) is 5.56 Å². The zero-order valence-electron chi connectivity index (χ0n) is 14.9. The Labute approximate surface area is 161 Å². The number of amides is 1. The van der Waals surface area contributed by atoms with Gasteiger partial charge in [0.15, 0.2) is 0 Å². The summed E-state index contributed by atoms with van der Waals surface area (Å²) in [7, 11) is 0. The van der Waals surface area contributed by atoms with Crippen molar-refractivity contribution >= 4 is 44.1 Å². The molecule has 1 saturated heterocycles. The lowest BCUT2D eigenvalue weighted by Crippen LogP contribution is -2.49. The molecule has 5 nitrogen and oxygen atoms in total. The Kier molecular flexibility index (Phi) is 4.05. The number of carbonyl (C=O) groups excluding carboxylic acids is 1. The van der Waals surface area contributed by atoms with Gasteiger partial charge >= 0.3 is 0 Å². The van der Waals surface area contributed by atoms with Crippen molar-refractivity contribution in [2.75, 3.05) is 31.1 Å². The van der Waals surface area contributed by atoms with Crippen LogP contribution in [0.5, 0.6) is 0 Å². The summed E-state index contributed by atoms with van der Waals surface area (Å²) < 4.78 is 1.23. The Hall–Kier alpha value is -2.86. The Balaban J connectivity index is 1.27. The number of hydrogen-bond donors (Lipinski definition) is 1. The van der Waals surface area contributed by atoms with Crippen molar-refractivity contribution in [3.63, 3.8) is 0 Å². The molecule has 136 valence electrons. The van der Waals surface area contributed by atoms with Gasteiger partial charge in [-0.3, -0.25) is 9.78 Å². The third kappa shape index (κ3) is 2.96. The molecule has 1 aliphatic rings. The van der Waals surface area contributed by atoms with Crippen LogP contribution in [0, 0.1) is 0 Å². The first-order valence-corrected chi connectivity index (χ1v) is 10.1. The number of fused-ring (bicyclic) bond motifs is 2. The van der Waals surface area contributed by atoms with E-state index in [0.717, 1.165) is 48.2 Å². The van der Waals surface area contributed by atoms with Gasteiger partial charge in [-0.1, -0.05) is 18.2 Å². The first-order valence-electron chi connectivity index (χ1n) is 9.19. The Morgan fingerprint density at radius 2 is 1.96 bits per heavy atom. The topological polar surface area (TPSA) is 52.2 Å². The summed E-state index contributed by atoms with van der Waals surface area (Å²) >= 11 is 1.73. The molecule has 0 aliphatic carbocycles. The predicted octanol–water partition coefficient (Wildman–Crippen LogP) is 3.67. The van der Waals surface area contributed by atoms with Crippen LogP contribution in [0.4, 0.5) is 5.69 Å². The van der Waals surface area contributed by atoms with Gasteiger partial charge in [-0.25, -0.2) is 0 Å².